The number of hydrogen-bond donors (Lipinski definition) is 2. The maximum atomic E-state index is 6.02. The fourth-order valence-corrected chi connectivity index (χ4v) is 2.34. The van der Waals surface area contributed by atoms with Crippen molar-refractivity contribution in [3.05, 3.63) is 29.8 Å². The molecule has 1 fully saturated rings. The SMILES string of the molecule is Cc1cccc(N=C(N)/N=C(\N)N2CCCCCC2)c1. The number of nitrogens with zero attached hydrogens (tertiary/aromatic N) is 3. The third-order valence-corrected chi connectivity index (χ3v) is 3.40. The van der Waals surface area contributed by atoms with Crippen LogP contribution in [0, 0.1) is 6.92 Å². The van der Waals surface area contributed by atoms with Crippen LogP contribution in [0.2, 0.25) is 0 Å². The molecule has 1 aliphatic rings. The second-order valence-corrected chi connectivity index (χ2v) is 5.18. The van der Waals surface area contributed by atoms with Gasteiger partial charge in [0.05, 0.1) is 5.69 Å². The first-order chi connectivity index (χ1) is 9.65. The minimum absolute atomic E-state index is 0.206. The Morgan fingerprint density at radius 1 is 1.10 bits per heavy atom. The van der Waals surface area contributed by atoms with Gasteiger partial charge in [-0.15, -0.1) is 0 Å². The summed E-state index contributed by atoms with van der Waals surface area (Å²) >= 11 is 0. The molecule has 1 aromatic carbocycles. The molecule has 0 saturated carbocycles. The van der Waals surface area contributed by atoms with Crippen LogP contribution in [0.3, 0.4) is 0 Å². The summed E-state index contributed by atoms with van der Waals surface area (Å²) in [5, 5.41) is 0. The minimum Gasteiger partial charge on any atom is -0.369 e. The van der Waals surface area contributed by atoms with Crippen molar-refractivity contribution < 1.29 is 0 Å². The lowest BCUT2D eigenvalue weighted by Crippen LogP contribution is -2.39. The molecule has 4 N–H and O–H groups in total. The lowest BCUT2D eigenvalue weighted by Gasteiger charge is -2.20. The molecule has 20 heavy (non-hydrogen) atoms. The molecule has 0 bridgehead atoms. The van der Waals surface area contributed by atoms with E-state index in [-0.39, 0.29) is 5.96 Å². The van der Waals surface area contributed by atoms with E-state index in [2.05, 4.69) is 14.9 Å². The van der Waals surface area contributed by atoms with Crippen LogP contribution >= 0.6 is 0 Å². The Bertz CT molecular complexity index is 499. The van der Waals surface area contributed by atoms with E-state index in [1.54, 1.807) is 0 Å². The van der Waals surface area contributed by atoms with Gasteiger partial charge in [0.2, 0.25) is 5.96 Å². The highest BCUT2D eigenvalue weighted by atomic mass is 15.3. The Morgan fingerprint density at radius 2 is 1.80 bits per heavy atom. The van der Waals surface area contributed by atoms with E-state index >= 15 is 0 Å². The summed E-state index contributed by atoms with van der Waals surface area (Å²) in [7, 11) is 0. The van der Waals surface area contributed by atoms with E-state index < -0.39 is 0 Å². The third kappa shape index (κ3) is 4.26. The van der Waals surface area contributed by atoms with Gasteiger partial charge in [0.15, 0.2) is 5.96 Å². The molecular formula is C15H23N5. The number of rotatable bonds is 1. The highest BCUT2D eigenvalue weighted by molar-refractivity contribution is 5.94. The first-order valence-electron chi connectivity index (χ1n) is 7.15. The molecule has 5 nitrogen and oxygen atoms in total. The molecule has 1 aromatic rings. The van der Waals surface area contributed by atoms with E-state index in [9.17, 15) is 0 Å². The van der Waals surface area contributed by atoms with Crippen molar-refractivity contribution in [1.82, 2.24) is 4.90 Å². The average molecular weight is 273 g/mol. The predicted molar refractivity (Wildman–Crippen MR) is 84.1 cm³/mol. The Labute approximate surface area is 120 Å². The number of aryl methyl sites for hydroxylation is 1. The number of benzene rings is 1. The van der Waals surface area contributed by atoms with Crippen LogP contribution in [0.4, 0.5) is 5.69 Å². The summed E-state index contributed by atoms with van der Waals surface area (Å²) in [6.07, 6.45) is 4.84. The van der Waals surface area contributed by atoms with Gasteiger partial charge in [0.1, 0.15) is 0 Å². The normalized spacial score (nSPS) is 17.9. The lowest BCUT2D eigenvalue weighted by atomic mass is 10.2. The minimum atomic E-state index is 0.206. The van der Waals surface area contributed by atoms with E-state index in [0.717, 1.165) is 37.2 Å². The zero-order valence-corrected chi connectivity index (χ0v) is 12.0. The van der Waals surface area contributed by atoms with Crippen LogP contribution in [0.1, 0.15) is 31.2 Å². The molecule has 2 rings (SSSR count). The van der Waals surface area contributed by atoms with Crippen LogP contribution in [0.25, 0.3) is 0 Å². The summed E-state index contributed by atoms with van der Waals surface area (Å²) in [6, 6.07) is 7.83. The molecule has 0 aliphatic carbocycles. The quantitative estimate of drug-likeness (QED) is 0.607. The van der Waals surface area contributed by atoms with Crippen LogP contribution in [-0.4, -0.2) is 29.9 Å². The second-order valence-electron chi connectivity index (χ2n) is 5.18. The van der Waals surface area contributed by atoms with Crippen molar-refractivity contribution in [2.75, 3.05) is 13.1 Å². The number of guanidine groups is 2. The van der Waals surface area contributed by atoms with Gasteiger partial charge in [0, 0.05) is 13.1 Å². The molecule has 0 spiro atoms. The molecule has 1 saturated heterocycles. The van der Waals surface area contributed by atoms with Crippen molar-refractivity contribution in [1.29, 1.82) is 0 Å². The van der Waals surface area contributed by atoms with Crippen molar-refractivity contribution in [2.24, 2.45) is 21.5 Å². The molecule has 1 aliphatic heterocycles. The van der Waals surface area contributed by atoms with Crippen molar-refractivity contribution in [2.45, 2.75) is 32.6 Å². The fraction of sp³-hybridized carbons (Fsp3) is 0.467. The van der Waals surface area contributed by atoms with Crippen LogP contribution in [0.5, 0.6) is 0 Å². The summed E-state index contributed by atoms with van der Waals surface area (Å²) in [5.41, 5.74) is 13.8. The first kappa shape index (κ1) is 14.4. The Kier molecular flexibility index (Phi) is 4.98. The largest absolute Gasteiger partial charge is 0.369 e. The summed E-state index contributed by atoms with van der Waals surface area (Å²) in [6.45, 7) is 3.92. The van der Waals surface area contributed by atoms with Gasteiger partial charge in [-0.05, 0) is 37.5 Å². The number of likely N-dealkylation sites (tertiary alicyclic amines) is 1. The monoisotopic (exact) mass is 273 g/mol. The van der Waals surface area contributed by atoms with Crippen LogP contribution in [-0.2, 0) is 0 Å². The van der Waals surface area contributed by atoms with Gasteiger partial charge in [-0.2, -0.15) is 4.99 Å². The fourth-order valence-electron chi connectivity index (χ4n) is 2.34. The van der Waals surface area contributed by atoms with Crippen LogP contribution in [0.15, 0.2) is 34.3 Å². The maximum Gasteiger partial charge on any atom is 0.223 e. The second kappa shape index (κ2) is 6.93. The van der Waals surface area contributed by atoms with Gasteiger partial charge >= 0.3 is 0 Å². The predicted octanol–water partition coefficient (Wildman–Crippen LogP) is 2.13. The third-order valence-electron chi connectivity index (χ3n) is 3.40. The molecule has 5 heteroatoms. The van der Waals surface area contributed by atoms with Crippen molar-refractivity contribution >= 4 is 17.6 Å². The zero-order chi connectivity index (χ0) is 14.4. The molecule has 1 heterocycles. The Balaban J connectivity index is 2.07. The van der Waals surface area contributed by atoms with E-state index in [4.69, 9.17) is 11.5 Å². The number of hydrogen-bond acceptors (Lipinski definition) is 1. The highest BCUT2D eigenvalue weighted by Crippen LogP contribution is 2.13. The first-order valence-corrected chi connectivity index (χ1v) is 7.15. The van der Waals surface area contributed by atoms with Crippen molar-refractivity contribution in [3.63, 3.8) is 0 Å². The number of aliphatic imine (C=N–C) groups is 2. The van der Waals surface area contributed by atoms with E-state index in [1.165, 1.54) is 12.8 Å². The standard InChI is InChI=1S/C15H23N5/c1-12-7-6-8-13(11-12)18-14(16)19-15(17)20-9-4-2-3-5-10-20/h6-8,11H,2-5,9-10H2,1H3,(H4,16,17,18,19). The zero-order valence-electron chi connectivity index (χ0n) is 12.0. The van der Waals surface area contributed by atoms with Gasteiger partial charge in [-0.25, -0.2) is 4.99 Å². The lowest BCUT2D eigenvalue weighted by molar-refractivity contribution is 0.431. The van der Waals surface area contributed by atoms with Gasteiger partial charge in [-0.3, -0.25) is 0 Å². The van der Waals surface area contributed by atoms with E-state index in [0.29, 0.717) is 5.96 Å². The smallest absolute Gasteiger partial charge is 0.223 e. The van der Waals surface area contributed by atoms with Gasteiger partial charge < -0.3 is 16.4 Å². The highest BCUT2D eigenvalue weighted by Gasteiger charge is 2.11. The molecule has 0 atom stereocenters. The molecule has 108 valence electrons. The van der Waals surface area contributed by atoms with E-state index in [1.807, 2.05) is 31.2 Å². The molecule has 0 radical (unpaired) electrons. The molecule has 0 aromatic heterocycles. The van der Waals surface area contributed by atoms with Crippen molar-refractivity contribution in [3.8, 4) is 0 Å². The van der Waals surface area contributed by atoms with Gasteiger partial charge in [0.25, 0.3) is 0 Å². The van der Waals surface area contributed by atoms with Crippen LogP contribution < -0.4 is 11.5 Å². The molecular weight excluding hydrogens is 250 g/mol. The molecule has 0 amide bonds. The maximum absolute atomic E-state index is 6.02. The summed E-state index contributed by atoms with van der Waals surface area (Å²) in [4.78, 5) is 10.6. The Morgan fingerprint density at radius 3 is 2.45 bits per heavy atom. The summed E-state index contributed by atoms with van der Waals surface area (Å²) in [5.74, 6) is 0.679. The topological polar surface area (TPSA) is 80.0 Å². The average Bonchev–Trinajstić information content (AvgIpc) is 2.67. The number of nitrogens with two attached hydrogens (primary N) is 2. The summed E-state index contributed by atoms with van der Waals surface area (Å²) < 4.78 is 0. The Hall–Kier alpha value is -2.04. The van der Waals surface area contributed by atoms with Gasteiger partial charge in [-0.1, -0.05) is 25.0 Å². The molecule has 0 unspecified atom stereocenters.